The van der Waals surface area contributed by atoms with Crippen LogP contribution in [0.4, 0.5) is 0 Å². The van der Waals surface area contributed by atoms with Crippen LogP contribution >= 0.6 is 0 Å². The summed E-state index contributed by atoms with van der Waals surface area (Å²) in [6, 6.07) is -0.704. The predicted molar refractivity (Wildman–Crippen MR) is 296 cm³/mol. The molecule has 0 heterocycles. The van der Waals surface area contributed by atoms with Crippen molar-refractivity contribution in [2.24, 2.45) is 0 Å². The first kappa shape index (κ1) is 66.1. The first-order valence-electron chi connectivity index (χ1n) is 30.2. The number of esters is 1. The molecular weight excluding hydrogens is 839 g/mol. The quantitative estimate of drug-likeness (QED) is 0.0321. The van der Waals surface area contributed by atoms with Gasteiger partial charge in [0.2, 0.25) is 5.91 Å². The van der Waals surface area contributed by atoms with Crippen LogP contribution < -0.4 is 5.32 Å². The average Bonchev–Trinajstić information content (AvgIpc) is 3.33. The zero-order chi connectivity index (χ0) is 49.5. The minimum absolute atomic E-state index is 0.0742. The van der Waals surface area contributed by atoms with Crippen LogP contribution in [0.25, 0.3) is 0 Å². The summed E-state index contributed by atoms with van der Waals surface area (Å²) in [4.78, 5) is 26.3. The Balaban J connectivity index is 4.56. The second-order valence-corrected chi connectivity index (χ2v) is 20.8. The van der Waals surface area contributed by atoms with Crippen molar-refractivity contribution in [3.8, 4) is 0 Å². The van der Waals surface area contributed by atoms with Crippen LogP contribution in [0.2, 0.25) is 0 Å². The minimum atomic E-state index is -0.790. The van der Waals surface area contributed by atoms with Crippen molar-refractivity contribution >= 4 is 11.9 Å². The van der Waals surface area contributed by atoms with Crippen molar-refractivity contribution in [3.05, 3.63) is 36.5 Å². The van der Waals surface area contributed by atoms with E-state index in [2.05, 4.69) is 62.5 Å². The van der Waals surface area contributed by atoms with Gasteiger partial charge < -0.3 is 20.3 Å². The number of carbonyl (C=O) groups is 2. The zero-order valence-electron chi connectivity index (χ0n) is 45.8. The molecule has 400 valence electrons. The highest BCUT2D eigenvalue weighted by atomic mass is 16.5. The summed E-state index contributed by atoms with van der Waals surface area (Å²) in [5, 5.41) is 23.9. The number of hydrogen-bond acceptors (Lipinski definition) is 5. The molecule has 0 aromatic heterocycles. The van der Waals surface area contributed by atoms with Gasteiger partial charge in [-0.3, -0.25) is 9.59 Å². The highest BCUT2D eigenvalue weighted by Crippen LogP contribution is 2.19. The molecule has 6 nitrogen and oxygen atoms in total. The van der Waals surface area contributed by atoms with Crippen molar-refractivity contribution < 1.29 is 24.5 Å². The Morgan fingerprint density at radius 3 is 1.12 bits per heavy atom. The van der Waals surface area contributed by atoms with Gasteiger partial charge in [0.25, 0.3) is 0 Å². The summed E-state index contributed by atoms with van der Waals surface area (Å²) >= 11 is 0. The predicted octanol–water partition coefficient (Wildman–Crippen LogP) is 18.8. The molecule has 0 radical (unpaired) electrons. The van der Waals surface area contributed by atoms with Crippen LogP contribution in [0.15, 0.2) is 36.5 Å². The SMILES string of the molecule is CCCCCCC/C=C/C=C/C=C/CCCCCCCC(=O)OC(CCCCCCCCCCCCCCCCCC)CC(=O)NC(CO)C(O)CCCCCCCCCCCCCCCCC. The average molecular weight is 957 g/mol. The molecule has 3 N–H and O–H groups in total. The smallest absolute Gasteiger partial charge is 0.306 e. The molecule has 6 heteroatoms. The lowest BCUT2D eigenvalue weighted by molar-refractivity contribution is -0.151. The largest absolute Gasteiger partial charge is 0.462 e. The molecule has 0 aromatic rings. The summed E-state index contributed by atoms with van der Waals surface area (Å²) in [5.41, 5.74) is 0. The van der Waals surface area contributed by atoms with Gasteiger partial charge in [-0.2, -0.15) is 0 Å². The Labute approximate surface area is 424 Å². The number of unbranched alkanes of at least 4 members (excludes halogenated alkanes) is 39. The molecule has 3 unspecified atom stereocenters. The molecule has 0 aromatic carbocycles. The maximum absolute atomic E-state index is 13.3. The lowest BCUT2D eigenvalue weighted by Crippen LogP contribution is -2.46. The third-order valence-corrected chi connectivity index (χ3v) is 14.0. The van der Waals surface area contributed by atoms with Gasteiger partial charge in [-0.1, -0.05) is 295 Å². The van der Waals surface area contributed by atoms with Crippen molar-refractivity contribution in [2.75, 3.05) is 6.61 Å². The summed E-state index contributed by atoms with van der Waals surface area (Å²) < 4.78 is 5.97. The highest BCUT2D eigenvalue weighted by molar-refractivity contribution is 5.77. The molecule has 0 spiro atoms. The number of ether oxygens (including phenoxy) is 1. The molecular formula is C62H117NO5. The number of amides is 1. The van der Waals surface area contributed by atoms with Crippen LogP contribution in [0.1, 0.15) is 323 Å². The van der Waals surface area contributed by atoms with Crippen molar-refractivity contribution in [2.45, 2.75) is 341 Å². The fourth-order valence-corrected chi connectivity index (χ4v) is 9.44. The molecule has 0 saturated heterocycles. The summed E-state index contributed by atoms with van der Waals surface area (Å²) in [6.45, 7) is 6.51. The van der Waals surface area contributed by atoms with Gasteiger partial charge in [0.15, 0.2) is 0 Å². The molecule has 0 bridgehead atoms. The minimum Gasteiger partial charge on any atom is -0.462 e. The Kier molecular flexibility index (Phi) is 54.4. The van der Waals surface area contributed by atoms with Gasteiger partial charge in [0, 0.05) is 6.42 Å². The van der Waals surface area contributed by atoms with Crippen LogP contribution in [-0.2, 0) is 14.3 Å². The molecule has 3 atom stereocenters. The van der Waals surface area contributed by atoms with E-state index in [0.29, 0.717) is 19.3 Å². The molecule has 0 rings (SSSR count). The number of aliphatic hydroxyl groups is 2. The standard InChI is InChI=1S/C62H117NO5/c1-4-7-10-13-16-19-22-25-28-30-31-34-37-40-43-46-49-52-55-62(67)68-58(53-50-47-44-41-38-35-33-29-26-23-20-17-14-11-8-5-2)56-61(66)63-59(57-64)60(65)54-51-48-45-42-39-36-32-27-24-21-18-15-12-9-6-3/h22,25,28,30-31,34,58-60,64-65H,4-21,23-24,26-27,29,32-33,35-57H2,1-3H3,(H,63,66)/b25-22+,30-28+,34-31+. The second-order valence-electron chi connectivity index (χ2n) is 20.8. The van der Waals surface area contributed by atoms with Gasteiger partial charge >= 0.3 is 5.97 Å². The molecule has 0 fully saturated rings. The first-order valence-corrected chi connectivity index (χ1v) is 30.2. The van der Waals surface area contributed by atoms with E-state index in [9.17, 15) is 19.8 Å². The summed E-state index contributed by atoms with van der Waals surface area (Å²) in [6.07, 6.45) is 67.8. The maximum atomic E-state index is 13.3. The molecule has 1 amide bonds. The molecule has 0 aliphatic rings. The Bertz CT molecular complexity index is 1120. The zero-order valence-corrected chi connectivity index (χ0v) is 45.8. The van der Waals surface area contributed by atoms with Gasteiger partial charge in [-0.05, 0) is 51.4 Å². The first-order chi connectivity index (χ1) is 33.5. The van der Waals surface area contributed by atoms with Gasteiger partial charge in [0.1, 0.15) is 6.10 Å². The van der Waals surface area contributed by atoms with E-state index in [1.54, 1.807) is 0 Å². The normalized spacial score (nSPS) is 13.3. The van der Waals surface area contributed by atoms with E-state index in [0.717, 1.165) is 64.2 Å². The fraction of sp³-hybridized carbons (Fsp3) is 0.871. The van der Waals surface area contributed by atoms with Crippen LogP contribution in [-0.4, -0.2) is 46.9 Å². The highest BCUT2D eigenvalue weighted by Gasteiger charge is 2.24. The lowest BCUT2D eigenvalue weighted by Gasteiger charge is -2.24. The van der Waals surface area contributed by atoms with Crippen LogP contribution in [0.5, 0.6) is 0 Å². The number of rotatable bonds is 55. The molecule has 0 saturated carbocycles. The van der Waals surface area contributed by atoms with Crippen LogP contribution in [0, 0.1) is 0 Å². The number of hydrogen-bond donors (Lipinski definition) is 3. The molecule has 0 aliphatic heterocycles. The second kappa shape index (κ2) is 56.0. The van der Waals surface area contributed by atoms with E-state index >= 15 is 0 Å². The maximum Gasteiger partial charge on any atom is 0.306 e. The number of carbonyl (C=O) groups excluding carboxylic acids is 2. The topological polar surface area (TPSA) is 95.9 Å². The third-order valence-electron chi connectivity index (χ3n) is 14.0. The van der Waals surface area contributed by atoms with E-state index in [1.165, 1.54) is 212 Å². The van der Waals surface area contributed by atoms with Crippen LogP contribution in [0.3, 0.4) is 0 Å². The van der Waals surface area contributed by atoms with E-state index in [1.807, 2.05) is 0 Å². The Morgan fingerprint density at radius 1 is 0.426 bits per heavy atom. The number of nitrogens with one attached hydrogen (secondary N) is 1. The van der Waals surface area contributed by atoms with E-state index in [-0.39, 0.29) is 24.9 Å². The number of aliphatic hydroxyl groups excluding tert-OH is 2. The monoisotopic (exact) mass is 956 g/mol. The van der Waals surface area contributed by atoms with Gasteiger partial charge in [-0.15, -0.1) is 0 Å². The Morgan fingerprint density at radius 2 is 0.750 bits per heavy atom. The lowest BCUT2D eigenvalue weighted by atomic mass is 10.0. The fourth-order valence-electron chi connectivity index (χ4n) is 9.44. The summed E-state index contributed by atoms with van der Waals surface area (Å²) in [7, 11) is 0. The van der Waals surface area contributed by atoms with Crippen molar-refractivity contribution in [1.29, 1.82) is 0 Å². The van der Waals surface area contributed by atoms with E-state index < -0.39 is 18.2 Å². The van der Waals surface area contributed by atoms with Crippen molar-refractivity contribution in [1.82, 2.24) is 5.32 Å². The number of allylic oxidation sites excluding steroid dienone is 6. The third kappa shape index (κ3) is 50.5. The summed E-state index contributed by atoms with van der Waals surface area (Å²) in [5.74, 6) is -0.477. The van der Waals surface area contributed by atoms with Gasteiger partial charge in [0.05, 0.1) is 25.2 Å². The van der Waals surface area contributed by atoms with E-state index in [4.69, 9.17) is 4.74 Å². The van der Waals surface area contributed by atoms with Gasteiger partial charge in [-0.25, -0.2) is 0 Å². The molecule has 68 heavy (non-hydrogen) atoms. The Hall–Kier alpha value is -1.92. The molecule has 0 aliphatic carbocycles. The van der Waals surface area contributed by atoms with Crippen molar-refractivity contribution in [3.63, 3.8) is 0 Å².